The third-order valence-corrected chi connectivity index (χ3v) is 4.92. The normalized spacial score (nSPS) is 21.4. The van der Waals surface area contributed by atoms with E-state index in [1.54, 1.807) is 0 Å². The molecule has 0 amide bonds. The van der Waals surface area contributed by atoms with E-state index in [9.17, 15) is 8.42 Å². The molecule has 1 aliphatic rings. The van der Waals surface area contributed by atoms with Gasteiger partial charge in [0.2, 0.25) is 10.0 Å². The van der Waals surface area contributed by atoms with Crippen LogP contribution in [0.1, 0.15) is 18.4 Å². The number of piperidine rings is 1. The number of sulfonamides is 1. The van der Waals surface area contributed by atoms with Crippen molar-refractivity contribution in [2.45, 2.75) is 23.8 Å². The summed E-state index contributed by atoms with van der Waals surface area (Å²) in [4.78, 5) is 0.218. The second-order valence-electron chi connectivity index (χ2n) is 4.40. The molecular formula is C12H15N3O2S. The lowest BCUT2D eigenvalue weighted by atomic mass is 10.1. The van der Waals surface area contributed by atoms with Gasteiger partial charge < -0.3 is 5.73 Å². The molecule has 1 saturated heterocycles. The highest BCUT2D eigenvalue weighted by molar-refractivity contribution is 7.89. The van der Waals surface area contributed by atoms with E-state index >= 15 is 0 Å². The standard InChI is InChI=1S/C12H15N3O2S/c13-8-10-3-5-12(6-4-10)18(16,17)15-7-1-2-11(14)9-15/h3-6,11H,1-2,7,9,14H2/t11-/m1/s1. The summed E-state index contributed by atoms with van der Waals surface area (Å²) >= 11 is 0. The lowest BCUT2D eigenvalue weighted by molar-refractivity contribution is 0.316. The third kappa shape index (κ3) is 2.53. The second-order valence-corrected chi connectivity index (χ2v) is 6.34. The van der Waals surface area contributed by atoms with Gasteiger partial charge in [0.15, 0.2) is 0 Å². The molecule has 0 spiro atoms. The number of nitrogens with zero attached hydrogens (tertiary/aromatic N) is 2. The van der Waals surface area contributed by atoms with Crippen LogP contribution in [0.15, 0.2) is 29.2 Å². The van der Waals surface area contributed by atoms with Gasteiger partial charge in [-0.2, -0.15) is 9.57 Å². The Hall–Kier alpha value is -1.42. The summed E-state index contributed by atoms with van der Waals surface area (Å²) in [5, 5.41) is 8.69. The maximum atomic E-state index is 12.3. The highest BCUT2D eigenvalue weighted by Crippen LogP contribution is 2.20. The molecule has 1 fully saturated rings. The minimum absolute atomic E-state index is 0.0908. The molecule has 0 aromatic heterocycles. The summed E-state index contributed by atoms with van der Waals surface area (Å²) in [7, 11) is -3.48. The zero-order valence-corrected chi connectivity index (χ0v) is 10.7. The predicted octanol–water partition coefficient (Wildman–Crippen LogP) is 0.670. The molecule has 0 aliphatic carbocycles. The van der Waals surface area contributed by atoms with Crippen LogP contribution in [0.3, 0.4) is 0 Å². The molecule has 6 heteroatoms. The van der Waals surface area contributed by atoms with Crippen molar-refractivity contribution in [1.29, 1.82) is 5.26 Å². The molecule has 0 radical (unpaired) electrons. The molecule has 1 heterocycles. The molecule has 0 bridgehead atoms. The molecule has 1 aliphatic heterocycles. The van der Waals surface area contributed by atoms with Gasteiger partial charge in [-0.15, -0.1) is 0 Å². The fraction of sp³-hybridized carbons (Fsp3) is 0.417. The molecule has 0 saturated carbocycles. The zero-order chi connectivity index (χ0) is 13.2. The van der Waals surface area contributed by atoms with Crippen LogP contribution in [0.5, 0.6) is 0 Å². The second kappa shape index (κ2) is 5.06. The maximum Gasteiger partial charge on any atom is 0.243 e. The van der Waals surface area contributed by atoms with E-state index in [1.165, 1.54) is 28.6 Å². The minimum atomic E-state index is -3.48. The van der Waals surface area contributed by atoms with E-state index in [4.69, 9.17) is 11.0 Å². The lowest BCUT2D eigenvalue weighted by Gasteiger charge is -2.29. The largest absolute Gasteiger partial charge is 0.327 e. The van der Waals surface area contributed by atoms with Gasteiger partial charge >= 0.3 is 0 Å². The molecule has 2 rings (SSSR count). The van der Waals surface area contributed by atoms with Crippen LogP contribution in [0.4, 0.5) is 0 Å². The number of hydrogen-bond acceptors (Lipinski definition) is 4. The van der Waals surface area contributed by atoms with Gasteiger partial charge in [0.1, 0.15) is 0 Å². The van der Waals surface area contributed by atoms with Crippen molar-refractivity contribution < 1.29 is 8.42 Å². The monoisotopic (exact) mass is 265 g/mol. The van der Waals surface area contributed by atoms with E-state index < -0.39 is 10.0 Å². The molecule has 18 heavy (non-hydrogen) atoms. The van der Waals surface area contributed by atoms with Crippen LogP contribution in [0, 0.1) is 11.3 Å². The van der Waals surface area contributed by atoms with Crippen LogP contribution < -0.4 is 5.73 Å². The fourth-order valence-corrected chi connectivity index (χ4v) is 3.58. The highest BCUT2D eigenvalue weighted by Gasteiger charge is 2.28. The third-order valence-electron chi connectivity index (χ3n) is 3.04. The van der Waals surface area contributed by atoms with Crippen molar-refractivity contribution in [3.63, 3.8) is 0 Å². The van der Waals surface area contributed by atoms with Crippen molar-refractivity contribution in [1.82, 2.24) is 4.31 Å². The molecule has 1 aromatic carbocycles. The molecule has 1 aromatic rings. The zero-order valence-electron chi connectivity index (χ0n) is 9.91. The van der Waals surface area contributed by atoms with E-state index in [-0.39, 0.29) is 10.9 Å². The first kappa shape index (κ1) is 13.0. The Balaban J connectivity index is 2.27. The SMILES string of the molecule is N#Cc1ccc(S(=O)(=O)N2CCC[C@@H](N)C2)cc1. The smallest absolute Gasteiger partial charge is 0.243 e. The first-order valence-corrected chi connectivity index (χ1v) is 7.24. The Bertz CT molecular complexity index is 560. The number of rotatable bonds is 2. The highest BCUT2D eigenvalue weighted by atomic mass is 32.2. The van der Waals surface area contributed by atoms with Crippen LogP contribution in [0.2, 0.25) is 0 Å². The molecule has 1 atom stereocenters. The van der Waals surface area contributed by atoms with Gasteiger partial charge in [0.25, 0.3) is 0 Å². The molecule has 0 unspecified atom stereocenters. The van der Waals surface area contributed by atoms with Gasteiger partial charge in [-0.25, -0.2) is 8.42 Å². The molecule has 2 N–H and O–H groups in total. The van der Waals surface area contributed by atoms with Crippen LogP contribution in [0.25, 0.3) is 0 Å². The average molecular weight is 265 g/mol. The van der Waals surface area contributed by atoms with Gasteiger partial charge in [-0.1, -0.05) is 0 Å². The molecule has 96 valence electrons. The Morgan fingerprint density at radius 1 is 1.33 bits per heavy atom. The summed E-state index contributed by atoms with van der Waals surface area (Å²) < 4.78 is 26.1. The number of nitrogens with two attached hydrogens (primary N) is 1. The Morgan fingerprint density at radius 3 is 2.56 bits per heavy atom. The van der Waals surface area contributed by atoms with Crippen molar-refractivity contribution >= 4 is 10.0 Å². The van der Waals surface area contributed by atoms with Gasteiger partial charge in [0, 0.05) is 19.1 Å². The number of benzene rings is 1. The van der Waals surface area contributed by atoms with Crippen LogP contribution >= 0.6 is 0 Å². The van der Waals surface area contributed by atoms with E-state index in [1.807, 2.05) is 6.07 Å². The first-order chi connectivity index (χ1) is 8.54. The number of hydrogen-bond donors (Lipinski definition) is 1. The minimum Gasteiger partial charge on any atom is -0.327 e. The van der Waals surface area contributed by atoms with Crippen molar-refractivity contribution in [2.24, 2.45) is 5.73 Å². The predicted molar refractivity (Wildman–Crippen MR) is 67.1 cm³/mol. The summed E-state index contributed by atoms with van der Waals surface area (Å²) in [6, 6.07) is 7.83. The topological polar surface area (TPSA) is 87.2 Å². The Labute approximate surface area is 107 Å². The van der Waals surface area contributed by atoms with E-state index in [0.29, 0.717) is 18.7 Å². The maximum absolute atomic E-state index is 12.3. The number of nitriles is 1. The first-order valence-electron chi connectivity index (χ1n) is 5.80. The van der Waals surface area contributed by atoms with Crippen molar-refractivity contribution in [3.05, 3.63) is 29.8 Å². The van der Waals surface area contributed by atoms with E-state index in [2.05, 4.69) is 0 Å². The van der Waals surface area contributed by atoms with Crippen LogP contribution in [-0.4, -0.2) is 31.9 Å². The van der Waals surface area contributed by atoms with Crippen LogP contribution in [-0.2, 0) is 10.0 Å². The van der Waals surface area contributed by atoms with Gasteiger partial charge in [-0.3, -0.25) is 0 Å². The summed E-state index contributed by atoms with van der Waals surface area (Å²) in [5.74, 6) is 0. The van der Waals surface area contributed by atoms with Gasteiger partial charge in [0.05, 0.1) is 16.5 Å². The average Bonchev–Trinajstić information content (AvgIpc) is 2.39. The summed E-state index contributed by atoms with van der Waals surface area (Å²) in [6.45, 7) is 0.873. The fourth-order valence-electron chi connectivity index (χ4n) is 2.04. The lowest BCUT2D eigenvalue weighted by Crippen LogP contribution is -2.45. The summed E-state index contributed by atoms with van der Waals surface area (Å²) in [5.41, 5.74) is 6.24. The Morgan fingerprint density at radius 2 is 2.00 bits per heavy atom. The van der Waals surface area contributed by atoms with E-state index in [0.717, 1.165) is 12.8 Å². The molecular weight excluding hydrogens is 250 g/mol. The summed E-state index contributed by atoms with van der Waals surface area (Å²) in [6.07, 6.45) is 1.65. The quantitative estimate of drug-likeness (QED) is 0.851. The molecule has 5 nitrogen and oxygen atoms in total. The van der Waals surface area contributed by atoms with Crippen molar-refractivity contribution in [2.75, 3.05) is 13.1 Å². The Kier molecular flexibility index (Phi) is 3.66. The van der Waals surface area contributed by atoms with Gasteiger partial charge in [-0.05, 0) is 37.1 Å². The van der Waals surface area contributed by atoms with Crippen molar-refractivity contribution in [3.8, 4) is 6.07 Å².